The predicted octanol–water partition coefficient (Wildman–Crippen LogP) is 2.56. The van der Waals surface area contributed by atoms with E-state index in [-0.39, 0.29) is 6.04 Å². The zero-order chi connectivity index (χ0) is 15.4. The van der Waals surface area contributed by atoms with Crippen molar-refractivity contribution < 1.29 is 0 Å². The van der Waals surface area contributed by atoms with Crippen LogP contribution < -0.4 is 10.6 Å². The maximum absolute atomic E-state index is 6.02. The molecule has 0 saturated carbocycles. The zero-order valence-electron chi connectivity index (χ0n) is 12.5. The standard InChI is InChI=1S/C17H21ClN4/c18-15-6-4-14(5-7-15)16(13-19)21-9-11-22(12-10-21)17-3-1-2-8-20-17/h1-8,16H,9-13,19H2. The Morgan fingerprint density at radius 2 is 1.77 bits per heavy atom. The Morgan fingerprint density at radius 3 is 2.36 bits per heavy atom. The van der Waals surface area contributed by atoms with Crippen LogP contribution in [0.4, 0.5) is 5.82 Å². The molecule has 1 aromatic heterocycles. The van der Waals surface area contributed by atoms with E-state index >= 15 is 0 Å². The molecule has 5 heteroatoms. The van der Waals surface area contributed by atoms with Crippen molar-refractivity contribution in [2.24, 2.45) is 5.73 Å². The van der Waals surface area contributed by atoms with E-state index in [1.54, 1.807) is 0 Å². The van der Waals surface area contributed by atoms with Crippen molar-refractivity contribution >= 4 is 17.4 Å². The fraction of sp³-hybridized carbons (Fsp3) is 0.353. The van der Waals surface area contributed by atoms with Crippen LogP contribution in [0.25, 0.3) is 0 Å². The molecule has 1 saturated heterocycles. The Kier molecular flexibility index (Phi) is 4.93. The quantitative estimate of drug-likeness (QED) is 0.941. The van der Waals surface area contributed by atoms with Gasteiger partial charge in [-0.2, -0.15) is 0 Å². The van der Waals surface area contributed by atoms with Gasteiger partial charge in [-0.1, -0.05) is 29.8 Å². The Labute approximate surface area is 136 Å². The lowest BCUT2D eigenvalue weighted by Crippen LogP contribution is -2.49. The number of hydrogen-bond acceptors (Lipinski definition) is 4. The van der Waals surface area contributed by atoms with E-state index in [9.17, 15) is 0 Å². The van der Waals surface area contributed by atoms with Crippen LogP contribution >= 0.6 is 11.6 Å². The summed E-state index contributed by atoms with van der Waals surface area (Å²) < 4.78 is 0. The molecule has 22 heavy (non-hydrogen) atoms. The second-order valence-corrected chi connectivity index (χ2v) is 5.95. The zero-order valence-corrected chi connectivity index (χ0v) is 13.3. The molecule has 116 valence electrons. The average molecular weight is 317 g/mol. The van der Waals surface area contributed by atoms with Crippen LogP contribution in [0.15, 0.2) is 48.7 Å². The largest absolute Gasteiger partial charge is 0.354 e. The van der Waals surface area contributed by atoms with Crippen molar-refractivity contribution in [3.63, 3.8) is 0 Å². The highest BCUT2D eigenvalue weighted by Crippen LogP contribution is 2.24. The first-order valence-corrected chi connectivity index (χ1v) is 8.01. The van der Waals surface area contributed by atoms with Gasteiger partial charge in [0.15, 0.2) is 0 Å². The smallest absolute Gasteiger partial charge is 0.128 e. The van der Waals surface area contributed by atoms with Crippen LogP contribution in [0.2, 0.25) is 5.02 Å². The molecular weight excluding hydrogens is 296 g/mol. The van der Waals surface area contributed by atoms with E-state index in [0.29, 0.717) is 6.54 Å². The number of nitrogens with two attached hydrogens (primary N) is 1. The number of rotatable bonds is 4. The molecule has 1 fully saturated rings. The van der Waals surface area contributed by atoms with Crippen molar-refractivity contribution in [3.05, 3.63) is 59.2 Å². The van der Waals surface area contributed by atoms with Crippen LogP contribution in [-0.2, 0) is 0 Å². The lowest BCUT2D eigenvalue weighted by Gasteiger charge is -2.39. The van der Waals surface area contributed by atoms with Crippen LogP contribution in [0, 0.1) is 0 Å². The number of hydrogen-bond donors (Lipinski definition) is 1. The van der Waals surface area contributed by atoms with Gasteiger partial charge in [-0.05, 0) is 29.8 Å². The molecular formula is C17H21ClN4. The van der Waals surface area contributed by atoms with Gasteiger partial charge in [-0.25, -0.2) is 4.98 Å². The van der Waals surface area contributed by atoms with Gasteiger partial charge in [0.05, 0.1) is 0 Å². The number of benzene rings is 1. The molecule has 3 rings (SSSR count). The lowest BCUT2D eigenvalue weighted by molar-refractivity contribution is 0.190. The predicted molar refractivity (Wildman–Crippen MR) is 91.3 cm³/mol. The molecule has 0 amide bonds. The van der Waals surface area contributed by atoms with E-state index in [4.69, 9.17) is 17.3 Å². The summed E-state index contributed by atoms with van der Waals surface area (Å²) in [5, 5.41) is 0.763. The van der Waals surface area contributed by atoms with Crippen LogP contribution in [0.1, 0.15) is 11.6 Å². The van der Waals surface area contributed by atoms with Gasteiger partial charge in [-0.3, -0.25) is 4.90 Å². The molecule has 4 nitrogen and oxygen atoms in total. The first kappa shape index (κ1) is 15.3. The lowest BCUT2D eigenvalue weighted by atomic mass is 10.0. The van der Waals surface area contributed by atoms with Gasteiger partial charge in [-0.15, -0.1) is 0 Å². The normalized spacial score (nSPS) is 17.5. The number of piperazine rings is 1. The Morgan fingerprint density at radius 1 is 1.05 bits per heavy atom. The van der Waals surface area contributed by atoms with Crippen LogP contribution in [0.3, 0.4) is 0 Å². The fourth-order valence-corrected chi connectivity index (χ4v) is 3.11. The third-order valence-electron chi connectivity index (χ3n) is 4.21. The maximum Gasteiger partial charge on any atom is 0.128 e. The monoisotopic (exact) mass is 316 g/mol. The first-order valence-electron chi connectivity index (χ1n) is 7.63. The number of pyridine rings is 1. The summed E-state index contributed by atoms with van der Waals surface area (Å²) in [6.07, 6.45) is 1.85. The SMILES string of the molecule is NCC(c1ccc(Cl)cc1)N1CCN(c2ccccn2)CC1. The number of halogens is 1. The topological polar surface area (TPSA) is 45.4 Å². The Bertz CT molecular complexity index is 579. The first-order chi connectivity index (χ1) is 10.8. The molecule has 0 bridgehead atoms. The second-order valence-electron chi connectivity index (χ2n) is 5.51. The fourth-order valence-electron chi connectivity index (χ4n) is 2.98. The van der Waals surface area contributed by atoms with E-state index in [2.05, 4.69) is 33.0 Å². The summed E-state index contributed by atoms with van der Waals surface area (Å²) in [5.74, 6) is 1.05. The Hall–Kier alpha value is -1.62. The van der Waals surface area contributed by atoms with Crippen molar-refractivity contribution in [2.45, 2.75) is 6.04 Å². The molecule has 2 aromatic rings. The minimum Gasteiger partial charge on any atom is -0.354 e. The molecule has 1 aromatic carbocycles. The number of anilines is 1. The summed E-state index contributed by atoms with van der Waals surface area (Å²) in [7, 11) is 0. The second kappa shape index (κ2) is 7.09. The number of aromatic nitrogens is 1. The van der Waals surface area contributed by atoms with Gasteiger partial charge in [0.25, 0.3) is 0 Å². The average Bonchev–Trinajstić information content (AvgIpc) is 2.59. The molecule has 1 unspecified atom stereocenters. The summed E-state index contributed by atoms with van der Waals surface area (Å²) in [6, 6.07) is 14.3. The minimum atomic E-state index is 0.253. The molecule has 1 aliphatic heterocycles. The van der Waals surface area contributed by atoms with Crippen molar-refractivity contribution in [2.75, 3.05) is 37.6 Å². The van der Waals surface area contributed by atoms with Gasteiger partial charge in [0.2, 0.25) is 0 Å². The van der Waals surface area contributed by atoms with Gasteiger partial charge >= 0.3 is 0 Å². The third-order valence-corrected chi connectivity index (χ3v) is 4.46. The summed E-state index contributed by atoms with van der Waals surface area (Å²) in [6.45, 7) is 4.54. The minimum absolute atomic E-state index is 0.253. The van der Waals surface area contributed by atoms with Gasteiger partial charge < -0.3 is 10.6 Å². The van der Waals surface area contributed by atoms with Crippen LogP contribution in [0.5, 0.6) is 0 Å². The van der Waals surface area contributed by atoms with Crippen molar-refractivity contribution in [1.29, 1.82) is 0 Å². The summed E-state index contributed by atoms with van der Waals surface area (Å²) in [5.41, 5.74) is 7.25. The van der Waals surface area contributed by atoms with Gasteiger partial charge in [0.1, 0.15) is 5.82 Å². The summed E-state index contributed by atoms with van der Waals surface area (Å²) in [4.78, 5) is 9.20. The van der Waals surface area contributed by atoms with Crippen LogP contribution in [-0.4, -0.2) is 42.6 Å². The van der Waals surface area contributed by atoms with E-state index in [1.807, 2.05) is 30.5 Å². The highest BCUT2D eigenvalue weighted by Gasteiger charge is 2.24. The number of nitrogens with zero attached hydrogens (tertiary/aromatic N) is 3. The van der Waals surface area contributed by atoms with E-state index < -0.39 is 0 Å². The van der Waals surface area contributed by atoms with Crippen molar-refractivity contribution in [3.8, 4) is 0 Å². The highest BCUT2D eigenvalue weighted by atomic mass is 35.5. The summed E-state index contributed by atoms with van der Waals surface area (Å²) >= 11 is 5.97. The molecule has 0 radical (unpaired) electrons. The third kappa shape index (κ3) is 3.40. The van der Waals surface area contributed by atoms with E-state index in [1.165, 1.54) is 5.56 Å². The molecule has 2 N–H and O–H groups in total. The highest BCUT2D eigenvalue weighted by molar-refractivity contribution is 6.30. The molecule has 2 heterocycles. The Balaban J connectivity index is 1.65. The maximum atomic E-state index is 6.02. The molecule has 0 spiro atoms. The van der Waals surface area contributed by atoms with Gasteiger partial charge in [0, 0.05) is 50.0 Å². The molecule has 1 aliphatic rings. The van der Waals surface area contributed by atoms with E-state index in [0.717, 1.165) is 37.0 Å². The van der Waals surface area contributed by atoms with Crippen molar-refractivity contribution in [1.82, 2.24) is 9.88 Å². The molecule has 1 atom stereocenters. The molecule has 0 aliphatic carbocycles.